The highest BCUT2D eigenvalue weighted by Gasteiger charge is 2.22. The molecule has 2 atom stereocenters. The molecule has 0 spiro atoms. The van der Waals surface area contributed by atoms with Gasteiger partial charge in [-0.25, -0.2) is 0 Å². The summed E-state index contributed by atoms with van der Waals surface area (Å²) in [5, 5.41) is 16.2. The van der Waals surface area contributed by atoms with Gasteiger partial charge < -0.3 is 15.7 Å². The van der Waals surface area contributed by atoms with E-state index in [1.165, 1.54) is 0 Å². The number of carbonyl (C=O) groups excluding carboxylic acids is 1. The number of phenolic OH excluding ortho intramolecular Hbond substituents is 1. The molecule has 98 valence electrons. The van der Waals surface area contributed by atoms with E-state index in [0.717, 1.165) is 18.4 Å². The molecule has 1 aliphatic rings. The van der Waals surface area contributed by atoms with Crippen LogP contribution in [0.25, 0.3) is 0 Å². The van der Waals surface area contributed by atoms with Gasteiger partial charge >= 0.3 is 0 Å². The summed E-state index contributed by atoms with van der Waals surface area (Å²) in [4.78, 5) is 11.1. The second-order valence-electron chi connectivity index (χ2n) is 4.73. The lowest BCUT2D eigenvalue weighted by atomic mass is 10.00. The zero-order valence-corrected chi connectivity index (χ0v) is 10.6. The smallest absolute Gasteiger partial charge is 0.220 e. The molecule has 0 aromatic heterocycles. The minimum absolute atomic E-state index is 0.128. The molecule has 1 heterocycles. The zero-order valence-electron chi connectivity index (χ0n) is 10.6. The van der Waals surface area contributed by atoms with Gasteiger partial charge in [-0.05, 0) is 18.9 Å². The van der Waals surface area contributed by atoms with Gasteiger partial charge in [0.15, 0.2) is 0 Å². The summed E-state index contributed by atoms with van der Waals surface area (Å²) in [6, 6.07) is 7.83. The summed E-state index contributed by atoms with van der Waals surface area (Å²) in [7, 11) is 0. The molecule has 0 radical (unpaired) electrons. The maximum Gasteiger partial charge on any atom is 0.220 e. The summed E-state index contributed by atoms with van der Waals surface area (Å²) in [5.41, 5.74) is 0.928. The van der Waals surface area contributed by atoms with Gasteiger partial charge in [-0.2, -0.15) is 0 Å². The Morgan fingerprint density at radius 3 is 2.89 bits per heavy atom. The number of carbonyl (C=O) groups is 1. The number of benzene rings is 1. The first-order valence-corrected chi connectivity index (χ1v) is 6.51. The Hall–Kier alpha value is -1.55. The van der Waals surface area contributed by atoms with Crippen molar-refractivity contribution in [2.75, 3.05) is 6.54 Å². The van der Waals surface area contributed by atoms with Gasteiger partial charge in [0.2, 0.25) is 5.91 Å². The fourth-order valence-corrected chi connectivity index (χ4v) is 2.37. The Balaban J connectivity index is 2.01. The monoisotopic (exact) mass is 248 g/mol. The summed E-state index contributed by atoms with van der Waals surface area (Å²) < 4.78 is 0. The molecular weight excluding hydrogens is 228 g/mol. The maximum atomic E-state index is 11.1. The molecule has 1 aromatic carbocycles. The summed E-state index contributed by atoms with van der Waals surface area (Å²) in [6.07, 6.45) is 2.34. The minimum atomic E-state index is 0.128. The molecule has 2 unspecified atom stereocenters. The van der Waals surface area contributed by atoms with Crippen molar-refractivity contribution < 1.29 is 9.90 Å². The van der Waals surface area contributed by atoms with Crippen LogP contribution >= 0.6 is 0 Å². The highest BCUT2D eigenvalue weighted by Crippen LogP contribution is 2.26. The average Bonchev–Trinajstić information content (AvgIpc) is 2.39. The van der Waals surface area contributed by atoms with Crippen LogP contribution < -0.4 is 10.6 Å². The number of phenols is 1. The van der Waals surface area contributed by atoms with Crippen LogP contribution in [0, 0.1) is 0 Å². The van der Waals surface area contributed by atoms with Crippen LogP contribution in [-0.4, -0.2) is 23.6 Å². The molecular formula is C14H20N2O2. The lowest BCUT2D eigenvalue weighted by Crippen LogP contribution is -2.46. The van der Waals surface area contributed by atoms with Crippen LogP contribution in [0.2, 0.25) is 0 Å². The number of para-hydroxylation sites is 1. The predicted octanol–water partition coefficient (Wildman–Crippen LogP) is 1.71. The Morgan fingerprint density at radius 2 is 2.28 bits per heavy atom. The van der Waals surface area contributed by atoms with E-state index in [1.807, 2.05) is 18.2 Å². The van der Waals surface area contributed by atoms with Crippen molar-refractivity contribution in [3.8, 4) is 5.75 Å². The van der Waals surface area contributed by atoms with Crippen LogP contribution in [0.5, 0.6) is 5.75 Å². The quantitative estimate of drug-likeness (QED) is 0.760. The third kappa shape index (κ3) is 3.01. The van der Waals surface area contributed by atoms with Gasteiger partial charge in [-0.15, -0.1) is 0 Å². The number of aromatic hydroxyl groups is 1. The Bertz CT molecular complexity index is 410. The predicted molar refractivity (Wildman–Crippen MR) is 70.3 cm³/mol. The fourth-order valence-electron chi connectivity index (χ4n) is 2.37. The van der Waals surface area contributed by atoms with E-state index in [2.05, 4.69) is 17.6 Å². The molecule has 4 heteroatoms. The average molecular weight is 248 g/mol. The van der Waals surface area contributed by atoms with E-state index >= 15 is 0 Å². The first-order chi connectivity index (χ1) is 8.70. The SMILES string of the molecule is CCC(NC1CCC(=O)NC1)c1ccccc1O. The number of nitrogens with one attached hydrogen (secondary N) is 2. The number of hydrogen-bond donors (Lipinski definition) is 3. The van der Waals surface area contributed by atoms with Crippen LogP contribution in [0.15, 0.2) is 24.3 Å². The zero-order chi connectivity index (χ0) is 13.0. The number of rotatable bonds is 4. The van der Waals surface area contributed by atoms with Crippen LogP contribution in [-0.2, 0) is 4.79 Å². The third-order valence-corrected chi connectivity index (χ3v) is 3.42. The van der Waals surface area contributed by atoms with E-state index < -0.39 is 0 Å². The van der Waals surface area contributed by atoms with Gasteiger partial charge in [0.1, 0.15) is 5.75 Å². The maximum absolute atomic E-state index is 11.1. The standard InChI is InChI=1S/C14H20N2O2/c1-2-12(11-5-3-4-6-13(11)17)16-10-7-8-14(18)15-9-10/h3-6,10,12,16-17H,2,7-9H2,1H3,(H,15,18). The Kier molecular flexibility index (Phi) is 4.20. The topological polar surface area (TPSA) is 61.4 Å². The van der Waals surface area contributed by atoms with Crippen molar-refractivity contribution in [3.05, 3.63) is 29.8 Å². The first kappa shape index (κ1) is 12.9. The van der Waals surface area contributed by atoms with E-state index in [9.17, 15) is 9.90 Å². The molecule has 1 fully saturated rings. The summed E-state index contributed by atoms with van der Waals surface area (Å²) in [6.45, 7) is 2.76. The van der Waals surface area contributed by atoms with E-state index in [4.69, 9.17) is 0 Å². The van der Waals surface area contributed by atoms with Crippen molar-refractivity contribution in [1.82, 2.24) is 10.6 Å². The van der Waals surface area contributed by atoms with E-state index in [0.29, 0.717) is 18.7 Å². The normalized spacial score (nSPS) is 21.4. The molecule has 0 aliphatic carbocycles. The lowest BCUT2D eigenvalue weighted by molar-refractivity contribution is -0.122. The molecule has 3 N–H and O–H groups in total. The van der Waals surface area contributed by atoms with Crippen molar-refractivity contribution in [2.24, 2.45) is 0 Å². The van der Waals surface area contributed by atoms with Crippen molar-refractivity contribution in [1.29, 1.82) is 0 Å². The van der Waals surface area contributed by atoms with E-state index in [1.54, 1.807) is 6.07 Å². The molecule has 1 saturated heterocycles. The molecule has 18 heavy (non-hydrogen) atoms. The van der Waals surface area contributed by atoms with Gasteiger partial charge in [-0.3, -0.25) is 4.79 Å². The number of piperidine rings is 1. The van der Waals surface area contributed by atoms with Gasteiger partial charge in [0, 0.05) is 30.6 Å². The molecule has 0 saturated carbocycles. The number of hydrogen-bond acceptors (Lipinski definition) is 3. The molecule has 0 bridgehead atoms. The largest absolute Gasteiger partial charge is 0.508 e. The van der Waals surface area contributed by atoms with Crippen molar-refractivity contribution in [2.45, 2.75) is 38.3 Å². The fraction of sp³-hybridized carbons (Fsp3) is 0.500. The first-order valence-electron chi connectivity index (χ1n) is 6.51. The molecule has 1 aromatic rings. The van der Waals surface area contributed by atoms with Crippen molar-refractivity contribution in [3.63, 3.8) is 0 Å². The number of amides is 1. The highest BCUT2D eigenvalue weighted by molar-refractivity contribution is 5.76. The second kappa shape index (κ2) is 5.87. The minimum Gasteiger partial charge on any atom is -0.508 e. The second-order valence-corrected chi connectivity index (χ2v) is 4.73. The Labute approximate surface area is 107 Å². The van der Waals surface area contributed by atoms with Gasteiger partial charge in [-0.1, -0.05) is 25.1 Å². The molecule has 4 nitrogen and oxygen atoms in total. The highest BCUT2D eigenvalue weighted by atomic mass is 16.3. The summed E-state index contributed by atoms with van der Waals surface area (Å²) in [5.74, 6) is 0.459. The lowest BCUT2D eigenvalue weighted by Gasteiger charge is -2.28. The van der Waals surface area contributed by atoms with Crippen LogP contribution in [0.1, 0.15) is 37.8 Å². The molecule has 1 aliphatic heterocycles. The van der Waals surface area contributed by atoms with E-state index in [-0.39, 0.29) is 18.0 Å². The molecule has 2 rings (SSSR count). The van der Waals surface area contributed by atoms with Crippen LogP contribution in [0.3, 0.4) is 0 Å². The Morgan fingerprint density at radius 1 is 1.50 bits per heavy atom. The van der Waals surface area contributed by atoms with Crippen LogP contribution in [0.4, 0.5) is 0 Å². The summed E-state index contributed by atoms with van der Waals surface area (Å²) >= 11 is 0. The molecule has 1 amide bonds. The van der Waals surface area contributed by atoms with Gasteiger partial charge in [0.05, 0.1) is 0 Å². The third-order valence-electron chi connectivity index (χ3n) is 3.42. The van der Waals surface area contributed by atoms with Gasteiger partial charge in [0.25, 0.3) is 0 Å². The van der Waals surface area contributed by atoms with Crippen molar-refractivity contribution >= 4 is 5.91 Å².